The first-order valence-corrected chi connectivity index (χ1v) is 7.42. The van der Waals surface area contributed by atoms with E-state index in [4.69, 9.17) is 9.47 Å². The molecule has 4 N–H and O–H groups in total. The van der Waals surface area contributed by atoms with Crippen LogP contribution in [-0.4, -0.2) is 34.2 Å². The number of ether oxygens (including phenoxy) is 2. The van der Waals surface area contributed by atoms with E-state index in [1.165, 1.54) is 6.21 Å². The van der Waals surface area contributed by atoms with E-state index in [-0.39, 0.29) is 12.4 Å². The summed E-state index contributed by atoms with van der Waals surface area (Å²) in [6.07, 6.45) is 1.39. The van der Waals surface area contributed by atoms with Crippen molar-refractivity contribution < 1.29 is 29.6 Å². The molecule has 0 fully saturated rings. The lowest BCUT2D eigenvalue weighted by Crippen LogP contribution is -2.17. The van der Waals surface area contributed by atoms with Crippen LogP contribution in [0.25, 0.3) is 0 Å². The second-order valence-electron chi connectivity index (χ2n) is 4.79. The molecule has 2 aromatic rings. The summed E-state index contributed by atoms with van der Waals surface area (Å²) in [5.74, 6) is -1.41. The van der Waals surface area contributed by atoms with Gasteiger partial charge in [-0.15, -0.1) is 0 Å². The molecule has 0 bridgehead atoms. The van der Waals surface area contributed by atoms with Gasteiger partial charge in [-0.25, -0.2) is 5.43 Å². The zero-order valence-corrected chi connectivity index (χ0v) is 13.6. The van der Waals surface area contributed by atoms with Gasteiger partial charge in [-0.2, -0.15) is 5.10 Å². The van der Waals surface area contributed by atoms with E-state index in [0.717, 1.165) is 12.1 Å². The van der Waals surface area contributed by atoms with Crippen molar-refractivity contribution in [2.45, 2.75) is 0 Å². The van der Waals surface area contributed by atoms with Crippen LogP contribution in [0.2, 0.25) is 0 Å². The number of phenolic OH excluding ortho intramolecular Hbond substituents is 3. The number of nitrogens with one attached hydrogen (secondary N) is 1. The Labute approximate surface area is 144 Å². The van der Waals surface area contributed by atoms with Gasteiger partial charge in [0.1, 0.15) is 0 Å². The predicted molar refractivity (Wildman–Crippen MR) is 86.8 cm³/mol. The van der Waals surface area contributed by atoms with Crippen molar-refractivity contribution in [3.05, 3.63) is 39.9 Å². The SMILES string of the molecule is O=C(NN=Cc1cc2c(cc1Br)OCO2)c1cc(O)c(O)c(O)c1. The second kappa shape index (κ2) is 6.28. The first kappa shape index (κ1) is 15.9. The van der Waals surface area contributed by atoms with E-state index < -0.39 is 23.2 Å². The molecule has 0 saturated heterocycles. The van der Waals surface area contributed by atoms with Crippen LogP contribution in [0.4, 0.5) is 0 Å². The third-order valence-corrected chi connectivity index (χ3v) is 3.88. The van der Waals surface area contributed by atoms with Crippen molar-refractivity contribution in [2.75, 3.05) is 6.79 Å². The molecule has 1 amide bonds. The monoisotopic (exact) mass is 394 g/mol. The molecule has 0 radical (unpaired) electrons. The number of hydrogen-bond donors (Lipinski definition) is 4. The van der Waals surface area contributed by atoms with Crippen LogP contribution in [0.15, 0.2) is 33.8 Å². The molecule has 1 heterocycles. The summed E-state index contributed by atoms with van der Waals surface area (Å²) in [5.41, 5.74) is 2.83. The molecule has 0 aliphatic carbocycles. The number of phenols is 3. The largest absolute Gasteiger partial charge is 0.504 e. The number of benzene rings is 2. The molecule has 8 nitrogen and oxygen atoms in total. The third kappa shape index (κ3) is 3.06. The van der Waals surface area contributed by atoms with Crippen LogP contribution in [-0.2, 0) is 0 Å². The maximum atomic E-state index is 11.9. The number of amides is 1. The Morgan fingerprint density at radius 1 is 1.12 bits per heavy atom. The van der Waals surface area contributed by atoms with Crippen LogP contribution in [0.5, 0.6) is 28.7 Å². The van der Waals surface area contributed by atoms with Crippen LogP contribution < -0.4 is 14.9 Å². The van der Waals surface area contributed by atoms with Crippen LogP contribution >= 0.6 is 15.9 Å². The number of carbonyl (C=O) groups is 1. The summed E-state index contributed by atoms with van der Waals surface area (Å²) in [6, 6.07) is 5.44. The third-order valence-electron chi connectivity index (χ3n) is 3.19. The van der Waals surface area contributed by atoms with Gasteiger partial charge in [0, 0.05) is 15.6 Å². The fourth-order valence-electron chi connectivity index (χ4n) is 1.99. The topological polar surface area (TPSA) is 121 Å². The van der Waals surface area contributed by atoms with Gasteiger partial charge in [0.05, 0.1) is 6.21 Å². The number of rotatable bonds is 3. The van der Waals surface area contributed by atoms with Gasteiger partial charge in [-0.05, 0) is 40.2 Å². The first-order valence-electron chi connectivity index (χ1n) is 6.63. The smallest absolute Gasteiger partial charge is 0.271 e. The average Bonchev–Trinajstić information content (AvgIpc) is 2.99. The maximum Gasteiger partial charge on any atom is 0.271 e. The number of hydrazone groups is 1. The van der Waals surface area contributed by atoms with Gasteiger partial charge in [-0.3, -0.25) is 4.79 Å². The molecule has 24 heavy (non-hydrogen) atoms. The molecular formula is C15H11BrN2O6. The first-order chi connectivity index (χ1) is 11.5. The summed E-state index contributed by atoms with van der Waals surface area (Å²) in [6.45, 7) is 0.146. The highest BCUT2D eigenvalue weighted by molar-refractivity contribution is 9.10. The fourth-order valence-corrected chi connectivity index (χ4v) is 2.42. The maximum absolute atomic E-state index is 11.9. The number of carbonyl (C=O) groups excluding carboxylic acids is 1. The molecule has 0 spiro atoms. The Balaban J connectivity index is 1.74. The molecule has 1 aliphatic heterocycles. The highest BCUT2D eigenvalue weighted by Gasteiger charge is 2.16. The average molecular weight is 395 g/mol. The minimum atomic E-state index is -0.695. The van der Waals surface area contributed by atoms with Crippen LogP contribution in [0, 0.1) is 0 Å². The second-order valence-corrected chi connectivity index (χ2v) is 5.64. The van der Waals surface area contributed by atoms with Gasteiger partial charge in [0.2, 0.25) is 6.79 Å². The van der Waals surface area contributed by atoms with Crippen molar-refractivity contribution in [3.63, 3.8) is 0 Å². The summed E-state index contributed by atoms with van der Waals surface area (Å²) < 4.78 is 11.2. The normalized spacial score (nSPS) is 12.5. The van der Waals surface area contributed by atoms with Gasteiger partial charge in [-0.1, -0.05) is 0 Å². The van der Waals surface area contributed by atoms with Gasteiger partial charge < -0.3 is 24.8 Å². The standard InChI is InChI=1S/C15H11BrN2O6/c16-9-4-13-12(23-6-24-13)3-8(9)5-17-18-15(22)7-1-10(19)14(21)11(20)2-7/h1-5,19-21H,6H2,(H,18,22). The van der Waals surface area contributed by atoms with Gasteiger partial charge >= 0.3 is 0 Å². The molecule has 2 aromatic carbocycles. The molecule has 124 valence electrons. The lowest BCUT2D eigenvalue weighted by Gasteiger charge is -2.05. The highest BCUT2D eigenvalue weighted by Crippen LogP contribution is 2.36. The van der Waals surface area contributed by atoms with Crippen molar-refractivity contribution >= 4 is 28.1 Å². The molecule has 0 aromatic heterocycles. The Hall–Kier alpha value is -2.94. The summed E-state index contributed by atoms with van der Waals surface area (Å²) in [5, 5.41) is 31.9. The summed E-state index contributed by atoms with van der Waals surface area (Å²) >= 11 is 3.36. The molecule has 0 unspecified atom stereocenters. The van der Waals surface area contributed by atoms with Crippen LogP contribution in [0.1, 0.15) is 15.9 Å². The number of aromatic hydroxyl groups is 3. The van der Waals surface area contributed by atoms with E-state index in [0.29, 0.717) is 21.5 Å². The minimum absolute atomic E-state index is 0.0651. The van der Waals surface area contributed by atoms with Crippen molar-refractivity contribution in [1.82, 2.24) is 5.43 Å². The molecule has 3 rings (SSSR count). The van der Waals surface area contributed by atoms with E-state index in [1.54, 1.807) is 12.1 Å². The minimum Gasteiger partial charge on any atom is -0.504 e. The number of nitrogens with zero attached hydrogens (tertiary/aromatic N) is 1. The Bertz CT molecular complexity index is 829. The van der Waals surface area contributed by atoms with Crippen molar-refractivity contribution in [3.8, 4) is 28.7 Å². The van der Waals surface area contributed by atoms with Gasteiger partial charge in [0.25, 0.3) is 5.91 Å². The summed E-state index contributed by atoms with van der Waals surface area (Å²) in [7, 11) is 0. The van der Waals surface area contributed by atoms with Crippen LogP contribution in [0.3, 0.4) is 0 Å². The Kier molecular flexibility index (Phi) is 4.17. The lowest BCUT2D eigenvalue weighted by atomic mass is 10.2. The van der Waals surface area contributed by atoms with E-state index >= 15 is 0 Å². The molecular weight excluding hydrogens is 384 g/mol. The van der Waals surface area contributed by atoms with Crippen molar-refractivity contribution in [2.24, 2.45) is 5.10 Å². The summed E-state index contributed by atoms with van der Waals surface area (Å²) in [4.78, 5) is 11.9. The lowest BCUT2D eigenvalue weighted by molar-refractivity contribution is 0.0954. The van der Waals surface area contributed by atoms with E-state index in [1.807, 2.05) is 0 Å². The quantitative estimate of drug-likeness (QED) is 0.359. The zero-order valence-electron chi connectivity index (χ0n) is 12.0. The molecule has 9 heteroatoms. The molecule has 0 saturated carbocycles. The highest BCUT2D eigenvalue weighted by atomic mass is 79.9. The zero-order chi connectivity index (χ0) is 17.3. The van der Waals surface area contributed by atoms with E-state index in [9.17, 15) is 20.1 Å². The predicted octanol–water partition coefficient (Wildman–Crippen LogP) is 2.06. The Morgan fingerprint density at radius 3 is 2.42 bits per heavy atom. The number of fused-ring (bicyclic) bond motifs is 1. The Morgan fingerprint density at radius 2 is 1.75 bits per heavy atom. The number of halogens is 1. The van der Waals surface area contributed by atoms with Gasteiger partial charge in [0.15, 0.2) is 28.7 Å². The number of hydrogen-bond acceptors (Lipinski definition) is 7. The molecule has 1 aliphatic rings. The molecule has 0 atom stereocenters. The van der Waals surface area contributed by atoms with E-state index in [2.05, 4.69) is 26.5 Å². The fraction of sp³-hybridized carbons (Fsp3) is 0.0667. The van der Waals surface area contributed by atoms with Crippen molar-refractivity contribution in [1.29, 1.82) is 0 Å².